The van der Waals surface area contributed by atoms with Crippen LogP contribution in [-0.4, -0.2) is 14.1 Å². The Morgan fingerprint density at radius 1 is 0.565 bits per heavy atom. The molecule has 11 aromatic rings. The van der Waals surface area contributed by atoms with Gasteiger partial charge in [0, 0.05) is 70.3 Å². The molecule has 1 aliphatic carbocycles. The van der Waals surface area contributed by atoms with Crippen LogP contribution in [0.4, 0.5) is 0 Å². The van der Waals surface area contributed by atoms with E-state index >= 15 is 0 Å². The summed E-state index contributed by atoms with van der Waals surface area (Å²) in [6, 6.07) is 45.1. The minimum atomic E-state index is -4.64. The number of hydrogen-bond donors (Lipinski definition) is 0. The maximum absolute atomic E-state index is 10.6. The number of pyridine rings is 1. The Hall–Kier alpha value is -7.33. The zero-order chi connectivity index (χ0) is 78.3. The van der Waals surface area contributed by atoms with E-state index in [1.54, 1.807) is 41.1 Å². The summed E-state index contributed by atoms with van der Waals surface area (Å²) < 4.78 is 218. The fourth-order valence-corrected chi connectivity index (χ4v) is 11.1. The van der Waals surface area contributed by atoms with E-state index in [1.807, 2.05) is 137 Å². The van der Waals surface area contributed by atoms with Crippen molar-refractivity contribution < 1.29 is 60.5 Å². The molecule has 3 aromatic heterocycles. The summed E-state index contributed by atoms with van der Waals surface area (Å²) in [5.74, 6) is 1.18. The maximum atomic E-state index is 10.6. The predicted octanol–water partition coefficient (Wildman–Crippen LogP) is 20.4. The molecule has 8 aromatic carbocycles. The molecular weight excluding hydrogens is 1220 g/mol. The number of hydrogen-bond acceptors (Lipinski definition) is 2. The first-order valence-electron chi connectivity index (χ1n) is 39.3. The molecule has 0 saturated carbocycles. The van der Waals surface area contributed by atoms with E-state index < -0.39 is 115 Å². The van der Waals surface area contributed by atoms with Gasteiger partial charge in [-0.1, -0.05) is 225 Å². The Balaban J connectivity index is 0.0000114. The molecule has 0 amide bonds. The molecule has 85 heavy (non-hydrogen) atoms. The number of para-hydroxylation sites is 1. The van der Waals surface area contributed by atoms with Gasteiger partial charge in [-0.05, 0) is 154 Å². The first-order chi connectivity index (χ1) is 48.5. The van der Waals surface area contributed by atoms with Gasteiger partial charge in [0.15, 0.2) is 0 Å². The summed E-state index contributed by atoms with van der Waals surface area (Å²) in [7, 11) is 0. The summed E-state index contributed by atoms with van der Waals surface area (Å²) in [5.41, 5.74) is -8.01. The third-order valence-electron chi connectivity index (χ3n) is 15.9. The first kappa shape index (κ1) is 38.0. The minimum absolute atomic E-state index is 0. The predicted molar refractivity (Wildman–Crippen MR) is 351 cm³/mol. The van der Waals surface area contributed by atoms with E-state index in [0.717, 1.165) is 50.2 Å². The molecule has 0 radical (unpaired) electrons. The monoisotopic (exact) mass is 1320 g/mol. The third-order valence-corrected chi connectivity index (χ3v) is 15.9. The van der Waals surface area contributed by atoms with Crippen LogP contribution in [0.15, 0.2) is 164 Å². The number of ether oxygens (including phenoxy) is 1. The van der Waals surface area contributed by atoms with Crippen LogP contribution in [0.1, 0.15) is 192 Å². The van der Waals surface area contributed by atoms with Gasteiger partial charge >= 0.3 is 0 Å². The first-order valence-corrected chi connectivity index (χ1v) is 28.3. The second-order valence-electron chi connectivity index (χ2n) is 26.4. The standard InChI is InChI=1S/C79H82N4O.Pt/c1-50-39-64(53-27-33-66-67(43-53)79(16,17)37-36-78(66,14)15)73(65(40-50)54-41-57(76(8,9)10)45-58(42-54)77(11,12)13)82-49-81(71-44-52(28-34-69(71)82)51-25-29-55(30-26-51)74(2,3)4)59-21-20-22-60(47-59)84-61-31-32-63-62-23-18-19-24-68(62)83(70(63)48-61)72-46-56(35-38-80-72)75(5,6)7;/h18-35,38-46H,36-37H2,1-17H3;/q-2;/i1D3,14D3,15D3,16D3,17D3,27D,33D,36D2,37D2,43D;. The third kappa shape index (κ3) is 11.2. The minimum Gasteiger partial charge on any atom is -0.510 e. The van der Waals surface area contributed by atoms with Crippen molar-refractivity contribution in [1.82, 2.24) is 14.1 Å². The quantitative estimate of drug-likeness (QED) is 0.112. The zero-order valence-electron chi connectivity index (χ0n) is 71.9. The Bertz CT molecular complexity index is 5300. The largest absolute Gasteiger partial charge is 0.510 e. The number of benzene rings is 8. The van der Waals surface area contributed by atoms with Crippen LogP contribution in [0.5, 0.6) is 11.5 Å². The van der Waals surface area contributed by atoms with Crippen LogP contribution < -0.4 is 9.30 Å². The molecule has 0 saturated heterocycles. The number of imidazole rings is 1. The average Bonchev–Trinajstić information content (AvgIpc) is 1.05. The molecule has 0 atom stereocenters. The van der Waals surface area contributed by atoms with Crippen molar-refractivity contribution in [3.8, 4) is 62.1 Å². The van der Waals surface area contributed by atoms with E-state index in [0.29, 0.717) is 39.4 Å². The number of rotatable bonds is 8. The summed E-state index contributed by atoms with van der Waals surface area (Å²) in [5, 5.41) is 1.85. The summed E-state index contributed by atoms with van der Waals surface area (Å²) in [4.78, 5) is 4.84. The number of aryl methyl sites for hydroxylation is 1. The molecule has 3 heterocycles. The molecule has 0 bridgehead atoms. The number of aromatic nitrogens is 4. The Kier molecular flexibility index (Phi) is 9.50. The topological polar surface area (TPSA) is 35.9 Å². The van der Waals surface area contributed by atoms with Crippen LogP contribution in [0.3, 0.4) is 0 Å². The van der Waals surface area contributed by atoms with Crippen LogP contribution in [-0.2, 0) is 53.6 Å². The number of fused-ring (bicyclic) bond motifs is 5. The normalized spacial score (nSPS) is 20.1. The van der Waals surface area contributed by atoms with E-state index in [9.17, 15) is 21.9 Å². The zero-order valence-corrected chi connectivity index (χ0v) is 52.1. The van der Waals surface area contributed by atoms with Gasteiger partial charge in [-0.3, -0.25) is 4.57 Å². The second kappa shape index (κ2) is 21.3. The molecule has 0 N–H and O–H groups in total. The van der Waals surface area contributed by atoms with Crippen molar-refractivity contribution in [2.75, 3.05) is 0 Å². The van der Waals surface area contributed by atoms with Gasteiger partial charge < -0.3 is 13.9 Å². The van der Waals surface area contributed by atoms with Gasteiger partial charge in [0.05, 0.1) is 20.8 Å². The molecule has 5 nitrogen and oxygen atoms in total. The average molecular weight is 1320 g/mol. The maximum Gasteiger partial charge on any atom is 0.268 e. The molecule has 12 rings (SSSR count). The summed E-state index contributed by atoms with van der Waals surface area (Å²) in [6.07, 6.45) is -3.95. The fraction of sp³-hybridized carbons (Fsp3) is 0.316. The molecule has 6 heteroatoms. The van der Waals surface area contributed by atoms with Crippen LogP contribution in [0, 0.1) is 25.3 Å². The van der Waals surface area contributed by atoms with E-state index in [2.05, 4.69) is 66.1 Å². The summed E-state index contributed by atoms with van der Waals surface area (Å²) in [6.45, 7) is 4.03. The summed E-state index contributed by atoms with van der Waals surface area (Å²) >= 11 is 0. The van der Waals surface area contributed by atoms with E-state index in [4.69, 9.17) is 17.9 Å². The molecule has 0 spiro atoms. The van der Waals surface area contributed by atoms with E-state index in [1.165, 1.54) is 10.6 Å². The molecule has 0 unspecified atom stereocenters. The van der Waals surface area contributed by atoms with Crippen molar-refractivity contribution in [2.24, 2.45) is 0 Å². The van der Waals surface area contributed by atoms with Crippen molar-refractivity contribution in [3.63, 3.8) is 0 Å². The Labute approximate surface area is 551 Å². The van der Waals surface area contributed by atoms with Gasteiger partial charge in [-0.15, -0.1) is 29.7 Å². The van der Waals surface area contributed by atoms with Crippen molar-refractivity contribution in [2.45, 2.75) is 163 Å². The molecule has 0 fully saturated rings. The Morgan fingerprint density at radius 3 is 1.88 bits per heavy atom. The molecular formula is C79H82N4OPt-2. The number of nitrogens with zero attached hydrogens (tertiary/aromatic N) is 4. The van der Waals surface area contributed by atoms with Crippen LogP contribution in [0.2, 0.25) is 0 Å². The fourth-order valence-electron chi connectivity index (χ4n) is 11.1. The van der Waals surface area contributed by atoms with E-state index in [-0.39, 0.29) is 54.4 Å². The van der Waals surface area contributed by atoms with Gasteiger partial charge in [-0.2, -0.15) is 18.2 Å². The van der Waals surface area contributed by atoms with Crippen LogP contribution in [0.25, 0.3) is 83.4 Å². The SMILES string of the molecule is [2H]c1c([2H])c2c(c([2H])c1-c1cc(C([2H])([2H])[2H])cc(-c3cc(C(C)(C)C)cc(C(C)(C)C)c3)c1-[n+]1[c-]n(-c3[c-]c(Oc4[c-]c5c(cc4)c4ccccc4n5-c4cc(C(C)(C)C)ccn4)ccc3)c3cc(-c4ccc(C(C)(C)C)cc4)ccc31)C(C([2H])([2H])[2H])(C([2H])([2H])[2H])C([2H])([2H])C([2H])([2H])C2(C([2H])([2H])[2H])C([2H])([2H])[2H].[Pt]. The smallest absolute Gasteiger partial charge is 0.268 e. The van der Waals surface area contributed by atoms with Gasteiger partial charge in [0.25, 0.3) is 6.33 Å². The molecule has 436 valence electrons. The second-order valence-corrected chi connectivity index (χ2v) is 26.4. The van der Waals surface area contributed by atoms with Gasteiger partial charge in [-0.25, -0.2) is 4.98 Å². The van der Waals surface area contributed by atoms with Crippen molar-refractivity contribution in [3.05, 3.63) is 221 Å². The molecule has 1 aliphatic rings. The van der Waals surface area contributed by atoms with Crippen LogP contribution >= 0.6 is 0 Å². The van der Waals surface area contributed by atoms with Crippen molar-refractivity contribution in [1.29, 1.82) is 0 Å². The molecule has 0 aliphatic heterocycles. The van der Waals surface area contributed by atoms with Gasteiger partial charge in [0.1, 0.15) is 5.82 Å². The van der Waals surface area contributed by atoms with Crippen molar-refractivity contribution >= 4 is 32.8 Å². The Morgan fingerprint density at radius 2 is 1.21 bits per heavy atom. The van der Waals surface area contributed by atoms with Gasteiger partial charge in [0.2, 0.25) is 0 Å².